The Labute approximate surface area is 150 Å². The predicted molar refractivity (Wildman–Crippen MR) is 87.5 cm³/mol. The monoisotopic (exact) mass is 391 g/mol. The summed E-state index contributed by atoms with van der Waals surface area (Å²) in [4.78, 5) is 12.4. The molecular formula is C17H14F5NO2S. The molecule has 0 aliphatic heterocycles. The Morgan fingerprint density at radius 1 is 1.04 bits per heavy atom. The average molecular weight is 391 g/mol. The Balaban J connectivity index is 1.85. The Morgan fingerprint density at radius 2 is 1.65 bits per heavy atom. The van der Waals surface area contributed by atoms with Gasteiger partial charge in [-0.3, -0.25) is 4.79 Å². The SMILES string of the molecule is O=C(NCc1ccc(OCC(F)(F)F)cc1)c1ccc(SC(F)F)cc1. The molecule has 0 spiro atoms. The van der Waals surface area contributed by atoms with Crippen LogP contribution in [0.5, 0.6) is 5.75 Å². The van der Waals surface area contributed by atoms with E-state index in [1.54, 1.807) is 0 Å². The van der Waals surface area contributed by atoms with E-state index in [1.165, 1.54) is 48.5 Å². The highest BCUT2D eigenvalue weighted by atomic mass is 32.2. The van der Waals surface area contributed by atoms with E-state index in [9.17, 15) is 26.7 Å². The highest BCUT2D eigenvalue weighted by molar-refractivity contribution is 7.99. The Morgan fingerprint density at radius 3 is 2.19 bits per heavy atom. The second kappa shape index (κ2) is 8.88. The summed E-state index contributed by atoms with van der Waals surface area (Å²) in [5, 5.41) is 2.64. The van der Waals surface area contributed by atoms with Crippen molar-refractivity contribution in [2.75, 3.05) is 6.61 Å². The van der Waals surface area contributed by atoms with Crippen LogP contribution in [0.15, 0.2) is 53.4 Å². The normalized spacial score (nSPS) is 11.5. The lowest BCUT2D eigenvalue weighted by molar-refractivity contribution is -0.153. The van der Waals surface area contributed by atoms with Crippen molar-refractivity contribution in [3.8, 4) is 5.75 Å². The van der Waals surface area contributed by atoms with E-state index in [-0.39, 0.29) is 12.3 Å². The van der Waals surface area contributed by atoms with E-state index in [4.69, 9.17) is 0 Å². The third kappa shape index (κ3) is 6.91. The Hall–Kier alpha value is -2.29. The van der Waals surface area contributed by atoms with Crippen LogP contribution in [-0.4, -0.2) is 24.4 Å². The minimum Gasteiger partial charge on any atom is -0.484 e. The number of halogens is 5. The summed E-state index contributed by atoms with van der Waals surface area (Å²) in [6.45, 7) is -1.21. The van der Waals surface area contributed by atoms with Gasteiger partial charge in [0.1, 0.15) is 5.75 Å². The van der Waals surface area contributed by atoms with Crippen LogP contribution in [0.25, 0.3) is 0 Å². The van der Waals surface area contributed by atoms with Crippen molar-refractivity contribution in [3.05, 3.63) is 59.7 Å². The second-order valence-electron chi connectivity index (χ2n) is 5.13. The molecule has 0 aliphatic rings. The lowest BCUT2D eigenvalue weighted by Crippen LogP contribution is -2.22. The lowest BCUT2D eigenvalue weighted by atomic mass is 10.2. The van der Waals surface area contributed by atoms with Gasteiger partial charge in [0.15, 0.2) is 6.61 Å². The van der Waals surface area contributed by atoms with E-state index < -0.39 is 24.4 Å². The number of benzene rings is 2. The van der Waals surface area contributed by atoms with Crippen molar-refractivity contribution in [3.63, 3.8) is 0 Å². The zero-order chi connectivity index (χ0) is 19.2. The number of rotatable bonds is 7. The number of thioether (sulfide) groups is 1. The van der Waals surface area contributed by atoms with Crippen molar-refractivity contribution in [2.45, 2.75) is 23.4 Å². The van der Waals surface area contributed by atoms with E-state index in [2.05, 4.69) is 10.1 Å². The van der Waals surface area contributed by atoms with E-state index in [0.29, 0.717) is 27.8 Å². The highest BCUT2D eigenvalue weighted by Gasteiger charge is 2.28. The maximum atomic E-state index is 12.2. The van der Waals surface area contributed by atoms with Gasteiger partial charge in [0.2, 0.25) is 0 Å². The van der Waals surface area contributed by atoms with Crippen LogP contribution in [0, 0.1) is 0 Å². The molecule has 0 saturated heterocycles. The molecule has 0 fully saturated rings. The largest absolute Gasteiger partial charge is 0.484 e. The maximum absolute atomic E-state index is 12.2. The first-order chi connectivity index (χ1) is 12.2. The molecule has 0 radical (unpaired) electrons. The van der Waals surface area contributed by atoms with Crippen LogP contribution >= 0.6 is 11.8 Å². The van der Waals surface area contributed by atoms with Gasteiger partial charge in [-0.25, -0.2) is 0 Å². The fourth-order valence-corrected chi connectivity index (χ4v) is 2.44. The van der Waals surface area contributed by atoms with Gasteiger partial charge in [-0.2, -0.15) is 22.0 Å². The summed E-state index contributed by atoms with van der Waals surface area (Å²) in [6, 6.07) is 11.6. The van der Waals surface area contributed by atoms with Crippen molar-refractivity contribution in [1.82, 2.24) is 5.32 Å². The molecule has 0 heterocycles. The molecule has 2 aromatic carbocycles. The molecule has 0 aliphatic carbocycles. The van der Waals surface area contributed by atoms with Gasteiger partial charge in [-0.05, 0) is 42.0 Å². The molecule has 2 aromatic rings. The van der Waals surface area contributed by atoms with Crippen LogP contribution in [0.2, 0.25) is 0 Å². The first kappa shape index (κ1) is 20.0. The molecule has 3 nitrogen and oxygen atoms in total. The fourth-order valence-electron chi connectivity index (χ4n) is 1.94. The first-order valence-corrected chi connectivity index (χ1v) is 8.22. The third-order valence-electron chi connectivity index (χ3n) is 3.12. The van der Waals surface area contributed by atoms with E-state index in [0.717, 1.165) is 0 Å². The zero-order valence-corrected chi connectivity index (χ0v) is 14.0. The molecule has 2 rings (SSSR count). The molecule has 1 amide bonds. The molecular weight excluding hydrogens is 377 g/mol. The summed E-state index contributed by atoms with van der Waals surface area (Å²) >= 11 is 0.389. The summed E-state index contributed by atoms with van der Waals surface area (Å²) < 4.78 is 65.3. The highest BCUT2D eigenvalue weighted by Crippen LogP contribution is 2.25. The minimum atomic E-state index is -4.41. The molecule has 0 unspecified atom stereocenters. The number of amides is 1. The van der Waals surface area contributed by atoms with Crippen molar-refractivity contribution in [1.29, 1.82) is 0 Å². The number of hydrogen-bond acceptors (Lipinski definition) is 3. The maximum Gasteiger partial charge on any atom is 0.422 e. The number of nitrogens with one attached hydrogen (secondary N) is 1. The second-order valence-corrected chi connectivity index (χ2v) is 6.20. The van der Waals surface area contributed by atoms with E-state index in [1.807, 2.05) is 0 Å². The van der Waals surface area contributed by atoms with Gasteiger partial charge in [0, 0.05) is 17.0 Å². The van der Waals surface area contributed by atoms with Crippen molar-refractivity contribution >= 4 is 17.7 Å². The van der Waals surface area contributed by atoms with Crippen LogP contribution in [-0.2, 0) is 6.54 Å². The predicted octanol–water partition coefficient (Wildman–Crippen LogP) is 4.87. The van der Waals surface area contributed by atoms with Gasteiger partial charge in [-0.1, -0.05) is 23.9 Å². The fraction of sp³-hybridized carbons (Fsp3) is 0.235. The van der Waals surface area contributed by atoms with Gasteiger partial charge in [0.05, 0.1) is 0 Å². The molecule has 140 valence electrons. The summed E-state index contributed by atoms with van der Waals surface area (Å²) in [5.74, 6) is -2.85. The smallest absolute Gasteiger partial charge is 0.422 e. The van der Waals surface area contributed by atoms with Crippen LogP contribution in [0.1, 0.15) is 15.9 Å². The summed E-state index contributed by atoms with van der Waals surface area (Å²) in [6.07, 6.45) is -4.41. The number of carbonyl (C=O) groups excluding carboxylic acids is 1. The lowest BCUT2D eigenvalue weighted by Gasteiger charge is -2.10. The van der Waals surface area contributed by atoms with Crippen LogP contribution in [0.4, 0.5) is 22.0 Å². The summed E-state index contributed by atoms with van der Waals surface area (Å²) in [7, 11) is 0. The topological polar surface area (TPSA) is 38.3 Å². The summed E-state index contributed by atoms with van der Waals surface area (Å²) in [5.41, 5.74) is 0.983. The molecule has 0 saturated carbocycles. The van der Waals surface area contributed by atoms with Gasteiger partial charge in [-0.15, -0.1) is 0 Å². The molecule has 1 N–H and O–H groups in total. The third-order valence-corrected chi connectivity index (χ3v) is 3.84. The van der Waals surface area contributed by atoms with Crippen molar-refractivity contribution in [2.24, 2.45) is 0 Å². The van der Waals surface area contributed by atoms with Crippen molar-refractivity contribution < 1.29 is 31.5 Å². The molecule has 26 heavy (non-hydrogen) atoms. The van der Waals surface area contributed by atoms with Gasteiger partial charge < -0.3 is 10.1 Å². The Bertz CT molecular complexity index is 717. The first-order valence-electron chi connectivity index (χ1n) is 7.34. The standard InChI is InChI=1S/C17H14F5NO2S/c18-16(19)26-14-7-3-12(4-8-14)15(24)23-9-11-1-5-13(6-2-11)25-10-17(20,21)22/h1-8,16H,9-10H2,(H,23,24). The molecule has 0 atom stereocenters. The average Bonchev–Trinajstić information content (AvgIpc) is 2.58. The number of carbonyl (C=O) groups is 1. The number of ether oxygens (including phenoxy) is 1. The van der Waals surface area contributed by atoms with Gasteiger partial charge in [0.25, 0.3) is 11.7 Å². The number of hydrogen-bond donors (Lipinski definition) is 1. The van der Waals surface area contributed by atoms with Gasteiger partial charge >= 0.3 is 6.18 Å². The number of alkyl halides is 5. The quantitative estimate of drug-likeness (QED) is 0.541. The minimum absolute atomic E-state index is 0.0736. The Kier molecular flexibility index (Phi) is 6.84. The van der Waals surface area contributed by atoms with Crippen LogP contribution in [0.3, 0.4) is 0 Å². The molecule has 0 aromatic heterocycles. The molecule has 9 heteroatoms. The zero-order valence-electron chi connectivity index (χ0n) is 13.2. The molecule has 0 bridgehead atoms. The van der Waals surface area contributed by atoms with E-state index >= 15 is 0 Å². The van der Waals surface area contributed by atoms with Crippen LogP contribution < -0.4 is 10.1 Å².